The van der Waals surface area contributed by atoms with Gasteiger partial charge in [-0.2, -0.15) is 0 Å². The fourth-order valence-electron chi connectivity index (χ4n) is 3.28. The molecule has 2 N–H and O–H groups in total. The fourth-order valence-corrected chi connectivity index (χ4v) is 3.28. The van der Waals surface area contributed by atoms with E-state index in [1.165, 1.54) is 6.07 Å². The van der Waals surface area contributed by atoms with Gasteiger partial charge in [-0.25, -0.2) is 4.39 Å². The molecule has 1 aromatic carbocycles. The lowest BCUT2D eigenvalue weighted by Gasteiger charge is -2.19. The van der Waals surface area contributed by atoms with Crippen LogP contribution in [0.4, 0.5) is 4.39 Å². The van der Waals surface area contributed by atoms with Crippen LogP contribution in [0.1, 0.15) is 23.2 Å². The normalized spacial score (nSPS) is 30.6. The van der Waals surface area contributed by atoms with Crippen molar-refractivity contribution in [2.75, 3.05) is 13.1 Å². The van der Waals surface area contributed by atoms with E-state index in [1.807, 2.05) is 0 Å². The van der Waals surface area contributed by atoms with Gasteiger partial charge in [0.05, 0.1) is 5.56 Å². The molecule has 3 rings (SSSR count). The SMILES string of the molecule is N[C@@H]1CC[C@H]2CN(C(=O)c3ccccc3F)C[C@@H]21. The third kappa shape index (κ3) is 1.81. The van der Waals surface area contributed by atoms with E-state index in [2.05, 4.69) is 0 Å². The largest absolute Gasteiger partial charge is 0.338 e. The first kappa shape index (κ1) is 11.7. The number of likely N-dealkylation sites (tertiary alicyclic amines) is 1. The molecule has 0 spiro atoms. The Morgan fingerprint density at radius 2 is 2.06 bits per heavy atom. The Bertz CT molecular complexity index is 477. The van der Waals surface area contributed by atoms with Crippen molar-refractivity contribution in [3.8, 4) is 0 Å². The summed E-state index contributed by atoms with van der Waals surface area (Å²) < 4.78 is 13.6. The maximum absolute atomic E-state index is 13.6. The van der Waals surface area contributed by atoms with Crippen LogP contribution >= 0.6 is 0 Å². The zero-order chi connectivity index (χ0) is 12.7. The number of carbonyl (C=O) groups is 1. The summed E-state index contributed by atoms with van der Waals surface area (Å²) >= 11 is 0. The quantitative estimate of drug-likeness (QED) is 0.821. The number of hydrogen-bond acceptors (Lipinski definition) is 2. The van der Waals surface area contributed by atoms with Crippen LogP contribution in [0.5, 0.6) is 0 Å². The number of carbonyl (C=O) groups excluding carboxylic acids is 1. The van der Waals surface area contributed by atoms with E-state index in [-0.39, 0.29) is 17.5 Å². The van der Waals surface area contributed by atoms with Gasteiger partial charge in [0.15, 0.2) is 0 Å². The first-order valence-electron chi connectivity index (χ1n) is 6.46. The summed E-state index contributed by atoms with van der Waals surface area (Å²) in [5, 5.41) is 0. The second-order valence-electron chi connectivity index (χ2n) is 5.36. The molecule has 96 valence electrons. The summed E-state index contributed by atoms with van der Waals surface area (Å²) in [5.41, 5.74) is 6.21. The summed E-state index contributed by atoms with van der Waals surface area (Å²) in [6, 6.07) is 6.37. The van der Waals surface area contributed by atoms with Gasteiger partial charge >= 0.3 is 0 Å². The number of nitrogens with two attached hydrogens (primary N) is 1. The molecule has 3 nitrogen and oxygen atoms in total. The predicted octanol–water partition coefficient (Wildman–Crippen LogP) is 1.64. The van der Waals surface area contributed by atoms with Crippen LogP contribution in [0.25, 0.3) is 0 Å². The minimum Gasteiger partial charge on any atom is -0.338 e. The molecule has 18 heavy (non-hydrogen) atoms. The lowest BCUT2D eigenvalue weighted by atomic mass is 9.98. The number of halogens is 1. The first-order chi connectivity index (χ1) is 8.66. The molecule has 2 aliphatic rings. The van der Waals surface area contributed by atoms with E-state index >= 15 is 0 Å². The van der Waals surface area contributed by atoms with E-state index in [0.717, 1.165) is 19.4 Å². The van der Waals surface area contributed by atoms with Crippen LogP contribution < -0.4 is 5.73 Å². The van der Waals surface area contributed by atoms with Crippen LogP contribution in [-0.2, 0) is 0 Å². The van der Waals surface area contributed by atoms with Crippen LogP contribution in [0.2, 0.25) is 0 Å². The van der Waals surface area contributed by atoms with Gasteiger partial charge in [-0.3, -0.25) is 4.79 Å². The Hall–Kier alpha value is -1.42. The van der Waals surface area contributed by atoms with Crippen molar-refractivity contribution in [1.82, 2.24) is 4.90 Å². The summed E-state index contributed by atoms with van der Waals surface area (Å²) in [6.45, 7) is 1.41. The van der Waals surface area contributed by atoms with Crippen molar-refractivity contribution in [2.45, 2.75) is 18.9 Å². The molecule has 1 aliphatic carbocycles. The van der Waals surface area contributed by atoms with Gasteiger partial charge in [0.2, 0.25) is 0 Å². The minimum atomic E-state index is -0.441. The van der Waals surface area contributed by atoms with Gasteiger partial charge in [-0.05, 0) is 36.8 Å². The summed E-state index contributed by atoms with van der Waals surface area (Å²) in [5.74, 6) is 0.273. The van der Waals surface area contributed by atoms with E-state index in [4.69, 9.17) is 5.73 Å². The molecule has 4 heteroatoms. The van der Waals surface area contributed by atoms with Gasteiger partial charge < -0.3 is 10.6 Å². The van der Waals surface area contributed by atoms with Gasteiger partial charge in [0.1, 0.15) is 5.82 Å². The topological polar surface area (TPSA) is 46.3 Å². The molecule has 1 aliphatic heterocycles. The molecular formula is C14H17FN2O. The lowest BCUT2D eigenvalue weighted by molar-refractivity contribution is 0.0775. The Kier molecular flexibility index (Phi) is 2.82. The molecule has 0 aromatic heterocycles. The highest BCUT2D eigenvalue weighted by Gasteiger charge is 2.42. The molecule has 2 fully saturated rings. The minimum absolute atomic E-state index is 0.172. The molecule has 1 amide bonds. The smallest absolute Gasteiger partial charge is 0.256 e. The fraction of sp³-hybridized carbons (Fsp3) is 0.500. The molecule has 0 bridgehead atoms. The number of amides is 1. The van der Waals surface area contributed by atoms with Crippen LogP contribution in [0.15, 0.2) is 24.3 Å². The second kappa shape index (κ2) is 4.35. The molecule has 1 heterocycles. The Morgan fingerprint density at radius 1 is 1.28 bits per heavy atom. The average molecular weight is 248 g/mol. The molecule has 0 unspecified atom stereocenters. The second-order valence-corrected chi connectivity index (χ2v) is 5.36. The van der Waals surface area contributed by atoms with E-state index < -0.39 is 5.82 Å². The van der Waals surface area contributed by atoms with Gasteiger partial charge in [0, 0.05) is 19.1 Å². The third-order valence-corrected chi connectivity index (χ3v) is 4.30. The zero-order valence-electron chi connectivity index (χ0n) is 10.2. The molecular weight excluding hydrogens is 231 g/mol. The number of benzene rings is 1. The van der Waals surface area contributed by atoms with Crippen LogP contribution in [-0.4, -0.2) is 29.9 Å². The number of nitrogens with zero attached hydrogens (tertiary/aromatic N) is 1. The van der Waals surface area contributed by atoms with Crippen LogP contribution in [0, 0.1) is 17.7 Å². The molecule has 1 saturated heterocycles. The number of hydrogen-bond donors (Lipinski definition) is 1. The highest BCUT2D eigenvalue weighted by molar-refractivity contribution is 5.94. The lowest BCUT2D eigenvalue weighted by Crippen LogP contribution is -2.33. The first-order valence-corrected chi connectivity index (χ1v) is 6.46. The number of fused-ring (bicyclic) bond motifs is 1. The Balaban J connectivity index is 1.78. The predicted molar refractivity (Wildman–Crippen MR) is 66.5 cm³/mol. The molecule has 3 atom stereocenters. The van der Waals surface area contributed by atoms with Gasteiger partial charge in [-0.15, -0.1) is 0 Å². The average Bonchev–Trinajstić information content (AvgIpc) is 2.92. The Morgan fingerprint density at radius 3 is 2.78 bits per heavy atom. The van der Waals surface area contributed by atoms with Crippen molar-refractivity contribution in [1.29, 1.82) is 0 Å². The summed E-state index contributed by atoms with van der Waals surface area (Å²) in [6.07, 6.45) is 2.14. The van der Waals surface area contributed by atoms with E-state index in [0.29, 0.717) is 18.4 Å². The van der Waals surface area contributed by atoms with Crippen molar-refractivity contribution < 1.29 is 9.18 Å². The Labute approximate surface area is 106 Å². The zero-order valence-corrected chi connectivity index (χ0v) is 10.2. The number of rotatable bonds is 1. The molecule has 1 aromatic rings. The molecule has 0 radical (unpaired) electrons. The third-order valence-electron chi connectivity index (χ3n) is 4.30. The van der Waals surface area contributed by atoms with E-state index in [1.54, 1.807) is 23.1 Å². The van der Waals surface area contributed by atoms with Crippen molar-refractivity contribution >= 4 is 5.91 Å². The van der Waals surface area contributed by atoms with Crippen molar-refractivity contribution in [3.05, 3.63) is 35.6 Å². The standard InChI is InChI=1S/C14H17FN2O/c15-12-4-2-1-3-10(12)14(18)17-7-9-5-6-13(16)11(9)8-17/h1-4,9,11,13H,5-8,16H2/t9-,11-,13+/m0/s1. The van der Waals surface area contributed by atoms with Gasteiger partial charge in [0.25, 0.3) is 5.91 Å². The van der Waals surface area contributed by atoms with Crippen molar-refractivity contribution in [3.63, 3.8) is 0 Å². The highest BCUT2D eigenvalue weighted by Crippen LogP contribution is 2.37. The van der Waals surface area contributed by atoms with Crippen LogP contribution in [0.3, 0.4) is 0 Å². The van der Waals surface area contributed by atoms with Crippen molar-refractivity contribution in [2.24, 2.45) is 17.6 Å². The maximum atomic E-state index is 13.6. The van der Waals surface area contributed by atoms with E-state index in [9.17, 15) is 9.18 Å². The summed E-state index contributed by atoms with van der Waals surface area (Å²) in [4.78, 5) is 14.0. The molecule has 1 saturated carbocycles. The monoisotopic (exact) mass is 248 g/mol. The summed E-state index contributed by atoms with van der Waals surface area (Å²) in [7, 11) is 0. The maximum Gasteiger partial charge on any atom is 0.256 e. The highest BCUT2D eigenvalue weighted by atomic mass is 19.1. The van der Waals surface area contributed by atoms with Gasteiger partial charge in [-0.1, -0.05) is 12.1 Å².